The summed E-state index contributed by atoms with van der Waals surface area (Å²) in [6.45, 7) is 0.855. The third-order valence-corrected chi connectivity index (χ3v) is 4.45. The van der Waals surface area contributed by atoms with Crippen molar-refractivity contribution in [1.29, 1.82) is 0 Å². The molecular formula is C11H20N2O4S. The Morgan fingerprint density at radius 2 is 2.11 bits per heavy atom. The van der Waals surface area contributed by atoms with E-state index in [1.807, 2.05) is 0 Å². The lowest BCUT2D eigenvalue weighted by molar-refractivity contribution is -0.142. The first-order valence-corrected chi connectivity index (χ1v) is 7.17. The van der Waals surface area contributed by atoms with E-state index >= 15 is 0 Å². The lowest BCUT2D eigenvalue weighted by Crippen LogP contribution is -2.48. The molecule has 0 spiro atoms. The first-order valence-electron chi connectivity index (χ1n) is 5.94. The first kappa shape index (κ1) is 15.1. The Hall–Kier alpha value is -0.950. The zero-order chi connectivity index (χ0) is 13.4. The molecule has 0 unspecified atom stereocenters. The highest BCUT2D eigenvalue weighted by Gasteiger charge is 2.36. The highest BCUT2D eigenvalue weighted by atomic mass is 32.2. The molecule has 1 saturated carbocycles. The van der Waals surface area contributed by atoms with Crippen molar-refractivity contribution in [3.8, 4) is 0 Å². The second kappa shape index (κ2) is 7.48. The van der Waals surface area contributed by atoms with Crippen LogP contribution >= 0.6 is 11.8 Å². The zero-order valence-electron chi connectivity index (χ0n) is 10.5. The summed E-state index contributed by atoms with van der Waals surface area (Å²) in [6, 6.07) is -0.228. The van der Waals surface area contributed by atoms with E-state index in [1.165, 1.54) is 6.42 Å². The van der Waals surface area contributed by atoms with E-state index in [0.717, 1.165) is 12.8 Å². The maximum Gasteiger partial charge on any atom is 0.329 e. The summed E-state index contributed by atoms with van der Waals surface area (Å²) in [7, 11) is 0. The van der Waals surface area contributed by atoms with Crippen LogP contribution in [0.25, 0.3) is 0 Å². The van der Waals surface area contributed by atoms with Gasteiger partial charge in [-0.15, -0.1) is 0 Å². The van der Waals surface area contributed by atoms with Gasteiger partial charge in [-0.2, -0.15) is 11.8 Å². The van der Waals surface area contributed by atoms with Gasteiger partial charge in [-0.25, -0.2) is 9.59 Å². The van der Waals surface area contributed by atoms with Gasteiger partial charge in [0.25, 0.3) is 0 Å². The molecule has 0 heterocycles. The molecule has 0 aromatic heterocycles. The number of hydrogen-bond donors (Lipinski definition) is 3. The van der Waals surface area contributed by atoms with Crippen molar-refractivity contribution in [2.45, 2.75) is 24.0 Å². The molecule has 3 N–H and O–H groups in total. The fraction of sp³-hybridized carbons (Fsp3) is 0.818. The van der Waals surface area contributed by atoms with E-state index in [2.05, 4.69) is 16.9 Å². The molecule has 0 atom stereocenters. The number of carbonyl (C=O) groups is 2. The van der Waals surface area contributed by atoms with E-state index in [9.17, 15) is 9.59 Å². The summed E-state index contributed by atoms with van der Waals surface area (Å²) in [6.07, 6.45) is 5.60. The summed E-state index contributed by atoms with van der Waals surface area (Å²) in [5.74, 6) is -1.01. The van der Waals surface area contributed by atoms with Crippen LogP contribution in [0.5, 0.6) is 0 Å². The quantitative estimate of drug-likeness (QED) is 0.567. The predicted molar refractivity (Wildman–Crippen MR) is 70.0 cm³/mol. The molecule has 0 aromatic carbocycles. The van der Waals surface area contributed by atoms with Crippen molar-refractivity contribution in [3.05, 3.63) is 0 Å². The first-order chi connectivity index (χ1) is 8.58. The van der Waals surface area contributed by atoms with Gasteiger partial charge >= 0.3 is 12.0 Å². The minimum Gasteiger partial charge on any atom is -0.480 e. The van der Waals surface area contributed by atoms with Crippen LogP contribution in [0, 0.1) is 0 Å². The predicted octanol–water partition coefficient (Wildman–Crippen LogP) is 0.672. The van der Waals surface area contributed by atoms with Gasteiger partial charge in [0, 0.05) is 17.8 Å². The second-order valence-electron chi connectivity index (χ2n) is 4.30. The van der Waals surface area contributed by atoms with Gasteiger partial charge in [0.2, 0.25) is 0 Å². The van der Waals surface area contributed by atoms with Gasteiger partial charge in [-0.05, 0) is 19.1 Å². The Kier molecular flexibility index (Phi) is 6.28. The van der Waals surface area contributed by atoms with Crippen LogP contribution in [0.15, 0.2) is 0 Å². The van der Waals surface area contributed by atoms with Gasteiger partial charge in [0.1, 0.15) is 6.61 Å². The summed E-state index contributed by atoms with van der Waals surface area (Å²) < 4.78 is 5.02. The van der Waals surface area contributed by atoms with Crippen LogP contribution in [-0.4, -0.2) is 54.4 Å². The molecule has 1 aliphatic carbocycles. The van der Waals surface area contributed by atoms with Gasteiger partial charge in [-0.3, -0.25) is 0 Å². The number of nitrogens with one attached hydrogen (secondary N) is 2. The fourth-order valence-electron chi connectivity index (χ4n) is 1.72. The van der Waals surface area contributed by atoms with Crippen molar-refractivity contribution < 1.29 is 19.4 Å². The molecule has 0 saturated heterocycles. The maximum absolute atomic E-state index is 11.4. The van der Waals surface area contributed by atoms with Crippen LogP contribution in [0.4, 0.5) is 4.79 Å². The Morgan fingerprint density at radius 1 is 1.39 bits per heavy atom. The van der Waals surface area contributed by atoms with Gasteiger partial charge in [-0.1, -0.05) is 6.42 Å². The van der Waals surface area contributed by atoms with Crippen molar-refractivity contribution >= 4 is 23.8 Å². The van der Waals surface area contributed by atoms with E-state index in [0.29, 0.717) is 13.1 Å². The lowest BCUT2D eigenvalue weighted by atomic mass is 9.84. The molecule has 0 radical (unpaired) electrons. The highest BCUT2D eigenvalue weighted by Crippen LogP contribution is 2.42. The Bertz CT molecular complexity index is 289. The smallest absolute Gasteiger partial charge is 0.329 e. The molecule has 1 fully saturated rings. The standard InChI is InChI=1S/C11H20N2O4S/c1-18-11(3-2-4-11)8-13-10(16)12-5-6-17-7-9(14)15/h2-8H2,1H3,(H,14,15)(H2,12,13,16). The van der Waals surface area contributed by atoms with Gasteiger partial charge in [0.15, 0.2) is 0 Å². The zero-order valence-corrected chi connectivity index (χ0v) is 11.3. The lowest BCUT2D eigenvalue weighted by Gasteiger charge is -2.40. The van der Waals surface area contributed by atoms with Crippen LogP contribution < -0.4 is 10.6 Å². The van der Waals surface area contributed by atoms with Gasteiger partial charge < -0.3 is 20.5 Å². The molecule has 0 aromatic rings. The van der Waals surface area contributed by atoms with Crippen LogP contribution in [0.1, 0.15) is 19.3 Å². The molecule has 18 heavy (non-hydrogen) atoms. The number of ether oxygens (including phenoxy) is 1. The normalized spacial score (nSPS) is 16.7. The fourth-order valence-corrected chi connectivity index (χ4v) is 2.64. The summed E-state index contributed by atoms with van der Waals surface area (Å²) in [5, 5.41) is 13.8. The van der Waals surface area contributed by atoms with Crippen LogP contribution in [0.3, 0.4) is 0 Å². The summed E-state index contributed by atoms with van der Waals surface area (Å²) >= 11 is 1.80. The van der Waals surface area contributed by atoms with E-state index in [1.54, 1.807) is 11.8 Å². The molecule has 2 amide bonds. The number of thioether (sulfide) groups is 1. The Morgan fingerprint density at radius 3 is 2.61 bits per heavy atom. The Labute approximate surface area is 111 Å². The molecule has 0 bridgehead atoms. The summed E-state index contributed by atoms with van der Waals surface area (Å²) in [4.78, 5) is 21.6. The number of amides is 2. The van der Waals surface area contributed by atoms with Crippen molar-refractivity contribution in [2.75, 3.05) is 32.6 Å². The van der Waals surface area contributed by atoms with Crippen LogP contribution in [-0.2, 0) is 9.53 Å². The molecule has 1 rings (SSSR count). The number of urea groups is 1. The minimum absolute atomic E-state index is 0.202. The summed E-state index contributed by atoms with van der Waals surface area (Å²) in [5.41, 5.74) is 0. The van der Waals surface area contributed by atoms with Crippen molar-refractivity contribution in [3.63, 3.8) is 0 Å². The minimum atomic E-state index is -1.01. The Balaban J connectivity index is 2.02. The second-order valence-corrected chi connectivity index (χ2v) is 5.57. The SMILES string of the molecule is CSC1(CNC(=O)NCCOCC(=O)O)CCC1. The monoisotopic (exact) mass is 276 g/mol. The number of carbonyl (C=O) groups excluding carboxylic acids is 1. The number of rotatable bonds is 8. The van der Waals surface area contributed by atoms with E-state index in [-0.39, 0.29) is 24.0 Å². The highest BCUT2D eigenvalue weighted by molar-refractivity contribution is 8.00. The number of hydrogen-bond acceptors (Lipinski definition) is 4. The molecule has 7 heteroatoms. The van der Waals surface area contributed by atoms with Gasteiger partial charge in [0.05, 0.1) is 6.61 Å². The third kappa shape index (κ3) is 5.14. The molecule has 1 aliphatic rings. The van der Waals surface area contributed by atoms with Crippen LogP contribution in [0.2, 0.25) is 0 Å². The average Bonchev–Trinajstić information content (AvgIpc) is 2.27. The van der Waals surface area contributed by atoms with Crippen molar-refractivity contribution in [1.82, 2.24) is 10.6 Å². The third-order valence-electron chi connectivity index (χ3n) is 3.03. The van der Waals surface area contributed by atoms with E-state index < -0.39 is 5.97 Å². The average molecular weight is 276 g/mol. The number of carboxylic acids is 1. The molecular weight excluding hydrogens is 256 g/mol. The number of carboxylic acid groups (broad SMARTS) is 1. The maximum atomic E-state index is 11.4. The topological polar surface area (TPSA) is 87.7 Å². The largest absolute Gasteiger partial charge is 0.480 e. The van der Waals surface area contributed by atoms with E-state index in [4.69, 9.17) is 9.84 Å². The number of aliphatic carboxylic acids is 1. The molecule has 0 aliphatic heterocycles. The molecule has 104 valence electrons. The van der Waals surface area contributed by atoms with Crippen molar-refractivity contribution in [2.24, 2.45) is 0 Å². The molecule has 6 nitrogen and oxygen atoms in total.